The average molecular weight is 160 g/mol. The summed E-state index contributed by atoms with van der Waals surface area (Å²) in [4.78, 5) is 33.3. The maximum absolute atomic E-state index is 10.0. The van der Waals surface area contributed by atoms with Crippen molar-refractivity contribution in [3.63, 3.8) is 0 Å². The molecule has 0 aromatic heterocycles. The first kappa shape index (κ1) is 9.08. The van der Waals surface area contributed by atoms with Crippen LogP contribution >= 0.6 is 0 Å². The lowest BCUT2D eigenvalue weighted by atomic mass is 10.7. The van der Waals surface area contributed by atoms with Crippen molar-refractivity contribution in [3.8, 4) is 0 Å². The number of oxime groups is 1. The van der Waals surface area contributed by atoms with Crippen molar-refractivity contribution in [1.29, 1.82) is 0 Å². The first-order valence-electron chi connectivity index (χ1n) is 2.31. The Labute approximate surface area is 60.4 Å². The van der Waals surface area contributed by atoms with Crippen LogP contribution in [0.2, 0.25) is 0 Å². The molecule has 0 aliphatic heterocycles. The maximum atomic E-state index is 10.0. The number of hydrogen-bond acceptors (Lipinski definition) is 5. The summed E-state index contributed by atoms with van der Waals surface area (Å²) in [7, 11) is 0. The van der Waals surface area contributed by atoms with Crippen LogP contribution in [0.3, 0.4) is 0 Å². The van der Waals surface area contributed by atoms with Gasteiger partial charge in [0.05, 0.1) is 0 Å². The molecule has 0 aromatic carbocycles. The molecule has 1 amide bonds. The number of amides is 1. The first-order valence-corrected chi connectivity index (χ1v) is 2.31. The molecule has 3 N–H and O–H groups in total. The topological polar surface area (TPSA) is 119 Å². The van der Waals surface area contributed by atoms with Gasteiger partial charge in [0.1, 0.15) is 6.21 Å². The van der Waals surface area contributed by atoms with Crippen molar-refractivity contribution in [3.05, 3.63) is 0 Å². The van der Waals surface area contributed by atoms with Crippen molar-refractivity contribution < 1.29 is 24.3 Å². The average Bonchev–Trinajstić information content (AvgIpc) is 1.86. The lowest BCUT2D eigenvalue weighted by Crippen LogP contribution is -2.16. The van der Waals surface area contributed by atoms with E-state index in [1.165, 1.54) is 0 Å². The highest BCUT2D eigenvalue weighted by Crippen LogP contribution is 1.77. The van der Waals surface area contributed by atoms with Gasteiger partial charge in [0.15, 0.2) is 0 Å². The second kappa shape index (κ2) is 3.99. The molecule has 0 saturated carbocycles. The number of carboxylic acid groups (broad SMARTS) is 1. The summed E-state index contributed by atoms with van der Waals surface area (Å²) in [5.41, 5.74) is 4.53. The SMILES string of the molecule is NC(=O)C=NOC(=O)C(=O)O. The van der Waals surface area contributed by atoms with Gasteiger partial charge in [-0.25, -0.2) is 9.59 Å². The number of carbonyl (C=O) groups excluding carboxylic acids is 2. The Hall–Kier alpha value is -1.92. The van der Waals surface area contributed by atoms with Gasteiger partial charge in [0.2, 0.25) is 0 Å². The van der Waals surface area contributed by atoms with E-state index < -0.39 is 17.8 Å². The zero-order chi connectivity index (χ0) is 8.85. The minimum Gasteiger partial charge on any atom is -0.473 e. The van der Waals surface area contributed by atoms with E-state index >= 15 is 0 Å². The Morgan fingerprint density at radius 1 is 1.45 bits per heavy atom. The van der Waals surface area contributed by atoms with Crippen LogP contribution in [-0.2, 0) is 19.2 Å². The zero-order valence-corrected chi connectivity index (χ0v) is 5.18. The van der Waals surface area contributed by atoms with Gasteiger partial charge in [0.25, 0.3) is 5.91 Å². The molecule has 0 saturated heterocycles. The fourth-order valence-corrected chi connectivity index (χ4v) is 0.165. The fraction of sp³-hybridized carbons (Fsp3) is 0. The molecule has 0 radical (unpaired) electrons. The standard InChI is InChI=1S/C4H4N2O5/c5-2(7)1-6-11-4(10)3(8)9/h1H,(H2,5,7)(H,8,9). The summed E-state index contributed by atoms with van der Waals surface area (Å²) >= 11 is 0. The molecule has 0 spiro atoms. The summed E-state index contributed by atoms with van der Waals surface area (Å²) < 4.78 is 0. The van der Waals surface area contributed by atoms with Crippen LogP contribution in [0.1, 0.15) is 0 Å². The number of carbonyl (C=O) groups is 3. The molecule has 0 bridgehead atoms. The predicted octanol–water partition coefficient (Wildman–Crippen LogP) is -1.91. The molecule has 0 atom stereocenters. The Morgan fingerprint density at radius 2 is 2.00 bits per heavy atom. The Kier molecular flexibility index (Phi) is 3.29. The Morgan fingerprint density at radius 3 is 2.36 bits per heavy atom. The van der Waals surface area contributed by atoms with Gasteiger partial charge in [-0.15, -0.1) is 0 Å². The minimum absolute atomic E-state index is 0.473. The van der Waals surface area contributed by atoms with Crippen LogP contribution < -0.4 is 5.73 Å². The number of carboxylic acids is 1. The van der Waals surface area contributed by atoms with Crippen molar-refractivity contribution in [2.45, 2.75) is 0 Å². The van der Waals surface area contributed by atoms with Crippen molar-refractivity contribution >= 4 is 24.1 Å². The van der Waals surface area contributed by atoms with E-state index in [4.69, 9.17) is 5.11 Å². The van der Waals surface area contributed by atoms with E-state index in [1.807, 2.05) is 0 Å². The van der Waals surface area contributed by atoms with Crippen molar-refractivity contribution in [1.82, 2.24) is 0 Å². The Balaban J connectivity index is 3.80. The summed E-state index contributed by atoms with van der Waals surface area (Å²) in [5.74, 6) is -4.32. The molecule has 11 heavy (non-hydrogen) atoms. The highest BCUT2D eigenvalue weighted by atomic mass is 16.7. The van der Waals surface area contributed by atoms with Gasteiger partial charge in [-0.2, -0.15) is 0 Å². The summed E-state index contributed by atoms with van der Waals surface area (Å²) in [6.45, 7) is 0. The molecule has 0 fully saturated rings. The molecule has 7 heteroatoms. The van der Waals surface area contributed by atoms with Gasteiger partial charge in [-0.3, -0.25) is 4.79 Å². The largest absolute Gasteiger partial charge is 0.473 e. The van der Waals surface area contributed by atoms with Crippen LogP contribution in [0, 0.1) is 0 Å². The second-order valence-corrected chi connectivity index (χ2v) is 1.32. The van der Waals surface area contributed by atoms with Crippen LogP contribution in [0.5, 0.6) is 0 Å². The smallest absolute Gasteiger partial charge is 0.443 e. The number of primary amides is 1. The van der Waals surface area contributed by atoms with Crippen molar-refractivity contribution in [2.75, 3.05) is 0 Å². The van der Waals surface area contributed by atoms with Crippen molar-refractivity contribution in [2.24, 2.45) is 10.9 Å². The molecule has 60 valence electrons. The third-order valence-corrected chi connectivity index (χ3v) is 0.490. The molecular formula is C4H4N2O5. The summed E-state index contributed by atoms with van der Waals surface area (Å²) in [5, 5.41) is 10.5. The number of rotatable bonds is 2. The molecule has 0 aliphatic rings. The van der Waals surface area contributed by atoms with Crippen LogP contribution in [0.4, 0.5) is 0 Å². The minimum atomic E-state index is -1.80. The van der Waals surface area contributed by atoms with E-state index in [0.717, 1.165) is 0 Å². The number of nitrogens with zero attached hydrogens (tertiary/aromatic N) is 1. The maximum Gasteiger partial charge on any atom is 0.443 e. The van der Waals surface area contributed by atoms with Gasteiger partial charge in [-0.1, -0.05) is 5.16 Å². The zero-order valence-electron chi connectivity index (χ0n) is 5.18. The van der Waals surface area contributed by atoms with E-state index in [9.17, 15) is 14.4 Å². The first-order chi connectivity index (χ1) is 5.04. The molecule has 0 aromatic rings. The van der Waals surface area contributed by atoms with E-state index in [0.29, 0.717) is 6.21 Å². The quantitative estimate of drug-likeness (QED) is 0.211. The monoisotopic (exact) mass is 160 g/mol. The van der Waals surface area contributed by atoms with Gasteiger partial charge < -0.3 is 15.7 Å². The number of nitrogens with two attached hydrogens (primary N) is 1. The van der Waals surface area contributed by atoms with Gasteiger partial charge in [0, 0.05) is 0 Å². The number of hydrogen-bond donors (Lipinski definition) is 2. The fourth-order valence-electron chi connectivity index (χ4n) is 0.165. The lowest BCUT2D eigenvalue weighted by molar-refractivity contribution is -0.163. The molecular weight excluding hydrogens is 156 g/mol. The predicted molar refractivity (Wildman–Crippen MR) is 31.4 cm³/mol. The lowest BCUT2D eigenvalue weighted by Gasteiger charge is -1.87. The van der Waals surface area contributed by atoms with Crippen LogP contribution in [0.25, 0.3) is 0 Å². The molecule has 0 unspecified atom stereocenters. The summed E-state index contributed by atoms with van der Waals surface area (Å²) in [6, 6.07) is 0. The normalized spacial score (nSPS) is 9.45. The van der Waals surface area contributed by atoms with E-state index in [2.05, 4.69) is 15.7 Å². The number of aliphatic carboxylic acids is 1. The highest BCUT2D eigenvalue weighted by Gasteiger charge is 2.11. The van der Waals surface area contributed by atoms with E-state index in [-0.39, 0.29) is 0 Å². The molecule has 0 heterocycles. The second-order valence-electron chi connectivity index (χ2n) is 1.32. The van der Waals surface area contributed by atoms with Crippen LogP contribution in [-0.4, -0.2) is 29.2 Å². The third-order valence-electron chi connectivity index (χ3n) is 0.490. The van der Waals surface area contributed by atoms with Crippen LogP contribution in [0.15, 0.2) is 5.16 Å². The molecule has 0 rings (SSSR count). The molecule has 0 aliphatic carbocycles. The van der Waals surface area contributed by atoms with E-state index in [1.54, 1.807) is 0 Å². The van der Waals surface area contributed by atoms with Gasteiger partial charge >= 0.3 is 11.9 Å². The Bertz CT molecular complexity index is 221. The third kappa shape index (κ3) is 4.58. The highest BCUT2D eigenvalue weighted by molar-refractivity contribution is 6.29. The summed E-state index contributed by atoms with van der Waals surface area (Å²) in [6.07, 6.45) is 0.473. The molecule has 7 nitrogen and oxygen atoms in total. The van der Waals surface area contributed by atoms with Gasteiger partial charge in [-0.05, 0) is 0 Å².